The number of para-hydroxylation sites is 1. The van der Waals surface area contributed by atoms with Gasteiger partial charge in [-0.25, -0.2) is 9.59 Å². The molecular formula is C37H37N3O4. The lowest BCUT2D eigenvalue weighted by Crippen LogP contribution is -2.37. The summed E-state index contributed by atoms with van der Waals surface area (Å²) in [5, 5.41) is 5.05. The van der Waals surface area contributed by atoms with E-state index < -0.39 is 23.3 Å². The number of aromatic nitrogens is 2. The number of benzene rings is 4. The van der Waals surface area contributed by atoms with Crippen LogP contribution in [0, 0.1) is 6.92 Å². The maximum Gasteiger partial charge on any atom is 0.350 e. The van der Waals surface area contributed by atoms with Gasteiger partial charge in [0.2, 0.25) is 0 Å². The van der Waals surface area contributed by atoms with E-state index in [9.17, 15) is 9.59 Å². The number of methoxy groups -OCH3 is 1. The van der Waals surface area contributed by atoms with Crippen LogP contribution in [0.25, 0.3) is 11.3 Å². The van der Waals surface area contributed by atoms with E-state index in [2.05, 4.69) is 0 Å². The van der Waals surface area contributed by atoms with Crippen LogP contribution in [-0.4, -0.2) is 33.6 Å². The van der Waals surface area contributed by atoms with Gasteiger partial charge in [0.25, 0.3) is 0 Å². The van der Waals surface area contributed by atoms with Gasteiger partial charge in [0.1, 0.15) is 23.1 Å². The van der Waals surface area contributed by atoms with Gasteiger partial charge in [0, 0.05) is 28.8 Å². The molecule has 0 aliphatic carbocycles. The van der Waals surface area contributed by atoms with Crippen molar-refractivity contribution in [2.75, 3.05) is 7.11 Å². The van der Waals surface area contributed by atoms with E-state index in [-0.39, 0.29) is 6.42 Å². The molecule has 5 aromatic rings. The van der Waals surface area contributed by atoms with Crippen LogP contribution >= 0.6 is 0 Å². The highest BCUT2D eigenvalue weighted by Gasteiger charge is 2.33. The first-order valence-corrected chi connectivity index (χ1v) is 14.6. The summed E-state index contributed by atoms with van der Waals surface area (Å²) in [5.41, 5.74) is 3.76. The van der Waals surface area contributed by atoms with Gasteiger partial charge in [-0.3, -0.25) is 4.57 Å². The molecule has 1 heterocycles. The third-order valence-electron chi connectivity index (χ3n) is 7.22. The fourth-order valence-electron chi connectivity index (χ4n) is 5.28. The van der Waals surface area contributed by atoms with E-state index in [1.807, 2.05) is 143 Å². The van der Waals surface area contributed by atoms with Crippen molar-refractivity contribution in [1.29, 1.82) is 0 Å². The molecule has 0 fully saturated rings. The zero-order valence-corrected chi connectivity index (χ0v) is 25.7. The Morgan fingerprint density at radius 2 is 1.32 bits per heavy atom. The Labute approximate surface area is 258 Å². The first kappa shape index (κ1) is 30.3. The van der Waals surface area contributed by atoms with E-state index in [1.54, 1.807) is 7.11 Å². The number of hydrogen-bond donors (Lipinski definition) is 0. The molecule has 0 saturated carbocycles. The minimum atomic E-state index is -0.939. The summed E-state index contributed by atoms with van der Waals surface area (Å²) in [5.74, 6) is 0.0835. The van der Waals surface area contributed by atoms with E-state index >= 15 is 0 Å². The highest BCUT2D eigenvalue weighted by atomic mass is 16.6. The molecule has 44 heavy (non-hydrogen) atoms. The Kier molecular flexibility index (Phi) is 8.95. The van der Waals surface area contributed by atoms with Gasteiger partial charge in [0.05, 0.1) is 12.8 Å². The van der Waals surface area contributed by atoms with Crippen LogP contribution in [0.4, 0.5) is 0 Å². The molecule has 0 saturated heterocycles. The lowest BCUT2D eigenvalue weighted by atomic mass is 10.0. The molecule has 0 aliphatic rings. The number of rotatable bonds is 9. The first-order valence-electron chi connectivity index (χ1n) is 14.6. The Balaban J connectivity index is 1.82. The third kappa shape index (κ3) is 6.57. The molecule has 0 N–H and O–H groups in total. The van der Waals surface area contributed by atoms with Crippen molar-refractivity contribution in [3.05, 3.63) is 148 Å². The summed E-state index contributed by atoms with van der Waals surface area (Å²) in [6.07, 6.45) is 0.264. The van der Waals surface area contributed by atoms with Crippen LogP contribution in [-0.2, 0) is 16.0 Å². The predicted octanol–water partition coefficient (Wildman–Crippen LogP) is 7.06. The number of imidazole rings is 1. The number of carbonyl (C=O) groups excluding carboxylic acids is 1. The zero-order chi connectivity index (χ0) is 31.3. The molecule has 224 valence electrons. The normalized spacial score (nSPS) is 11.9. The van der Waals surface area contributed by atoms with Crippen molar-refractivity contribution in [3.63, 3.8) is 0 Å². The van der Waals surface area contributed by atoms with Crippen molar-refractivity contribution in [1.82, 2.24) is 9.24 Å². The smallest absolute Gasteiger partial charge is 0.350 e. The summed E-state index contributed by atoms with van der Waals surface area (Å²) in [7, 11) is 1.59. The second-order valence-electron chi connectivity index (χ2n) is 11.5. The molecule has 0 spiro atoms. The largest absolute Gasteiger partial charge is 0.496 e. The topological polar surface area (TPSA) is 74.8 Å². The molecule has 0 radical (unpaired) electrons. The summed E-state index contributed by atoms with van der Waals surface area (Å²) in [6.45, 7) is 7.30. The van der Waals surface area contributed by atoms with E-state index in [0.717, 1.165) is 16.7 Å². The maximum atomic E-state index is 14.7. The van der Waals surface area contributed by atoms with Gasteiger partial charge in [-0.2, -0.15) is 9.78 Å². The molecule has 0 bridgehead atoms. The average Bonchev–Trinajstić information content (AvgIpc) is 3.27. The van der Waals surface area contributed by atoms with Gasteiger partial charge < -0.3 is 9.47 Å². The van der Waals surface area contributed by atoms with Crippen molar-refractivity contribution in [2.45, 2.75) is 45.8 Å². The molecule has 0 amide bonds. The monoisotopic (exact) mass is 587 g/mol. The van der Waals surface area contributed by atoms with Crippen LogP contribution < -0.4 is 10.4 Å². The Morgan fingerprint density at radius 3 is 1.86 bits per heavy atom. The second-order valence-corrected chi connectivity index (χ2v) is 11.5. The summed E-state index contributed by atoms with van der Waals surface area (Å²) in [4.78, 5) is 28.5. The highest BCUT2D eigenvalue weighted by Crippen LogP contribution is 2.34. The van der Waals surface area contributed by atoms with Crippen LogP contribution in [0.5, 0.6) is 5.75 Å². The minimum absolute atomic E-state index is 0.264. The number of esters is 1. The number of hydrogen-bond acceptors (Lipinski definition) is 5. The van der Waals surface area contributed by atoms with E-state index in [1.165, 1.54) is 9.24 Å². The molecular weight excluding hydrogens is 550 g/mol. The van der Waals surface area contributed by atoms with Gasteiger partial charge in [0.15, 0.2) is 0 Å². The van der Waals surface area contributed by atoms with Gasteiger partial charge in [-0.1, -0.05) is 103 Å². The molecule has 5 rings (SSSR count). The lowest BCUT2D eigenvalue weighted by molar-refractivity contribution is -0.159. The minimum Gasteiger partial charge on any atom is -0.496 e. The first-order chi connectivity index (χ1) is 21.2. The second kappa shape index (κ2) is 13.0. The van der Waals surface area contributed by atoms with Crippen molar-refractivity contribution < 1.29 is 14.3 Å². The SMILES string of the molecule is COc1ccccc1-c1c(C)n(C(Cc2ccccc2)C(=O)OC(C)(C)C)c(=O)n1N=C(c1ccccc1)c1ccccc1. The predicted molar refractivity (Wildman–Crippen MR) is 174 cm³/mol. The molecule has 1 unspecified atom stereocenters. The molecule has 4 aromatic carbocycles. The maximum absolute atomic E-state index is 14.7. The number of carbonyl (C=O) groups is 1. The van der Waals surface area contributed by atoms with E-state index in [4.69, 9.17) is 14.6 Å². The van der Waals surface area contributed by atoms with Gasteiger partial charge >= 0.3 is 11.7 Å². The fourth-order valence-corrected chi connectivity index (χ4v) is 5.28. The Hall–Kier alpha value is -5.17. The van der Waals surface area contributed by atoms with Crippen LogP contribution in [0.3, 0.4) is 0 Å². The standard InChI is InChI=1S/C37H37N3O4/c1-26-34(30-23-15-16-24-32(30)43-5)40(38-33(28-19-11-7-12-20-28)29-21-13-8-14-22-29)36(42)39(26)31(35(41)44-37(2,3)4)25-27-17-9-6-10-18-27/h6-24,31H,25H2,1-5H3. The summed E-state index contributed by atoms with van der Waals surface area (Å²) < 4.78 is 14.5. The lowest BCUT2D eigenvalue weighted by Gasteiger charge is -2.25. The van der Waals surface area contributed by atoms with Crippen molar-refractivity contribution in [3.8, 4) is 17.0 Å². The van der Waals surface area contributed by atoms with Gasteiger partial charge in [-0.05, 0) is 45.4 Å². The van der Waals surface area contributed by atoms with Crippen LogP contribution in [0.1, 0.15) is 49.2 Å². The Bertz CT molecular complexity index is 1770. The summed E-state index contributed by atoms with van der Waals surface area (Å²) >= 11 is 0. The number of ether oxygens (including phenoxy) is 2. The zero-order valence-electron chi connectivity index (χ0n) is 25.7. The van der Waals surface area contributed by atoms with E-state index in [0.29, 0.717) is 28.4 Å². The van der Waals surface area contributed by atoms with Crippen LogP contribution in [0.15, 0.2) is 125 Å². The highest BCUT2D eigenvalue weighted by molar-refractivity contribution is 6.12. The fraction of sp³-hybridized carbons (Fsp3) is 0.216. The van der Waals surface area contributed by atoms with Crippen LogP contribution in [0.2, 0.25) is 0 Å². The third-order valence-corrected chi connectivity index (χ3v) is 7.22. The molecule has 1 aromatic heterocycles. The molecule has 7 nitrogen and oxygen atoms in total. The summed E-state index contributed by atoms with van der Waals surface area (Å²) in [6, 6.07) is 35.7. The van der Waals surface area contributed by atoms with Crippen molar-refractivity contribution in [2.24, 2.45) is 5.10 Å². The average molecular weight is 588 g/mol. The molecule has 7 heteroatoms. The molecule has 0 aliphatic heterocycles. The van der Waals surface area contributed by atoms with Crippen molar-refractivity contribution >= 4 is 11.7 Å². The quantitative estimate of drug-likeness (QED) is 0.137. The van der Waals surface area contributed by atoms with Gasteiger partial charge in [-0.15, -0.1) is 0 Å². The molecule has 1 atom stereocenters. The Morgan fingerprint density at radius 1 is 0.795 bits per heavy atom. The number of nitrogens with zero attached hydrogens (tertiary/aromatic N) is 3.